The van der Waals surface area contributed by atoms with Crippen molar-refractivity contribution in [2.45, 2.75) is 38.1 Å². The van der Waals surface area contributed by atoms with Gasteiger partial charge in [-0.25, -0.2) is 0 Å². The van der Waals surface area contributed by atoms with Crippen molar-refractivity contribution in [2.24, 2.45) is 0 Å². The van der Waals surface area contributed by atoms with Gasteiger partial charge in [0, 0.05) is 19.2 Å². The first-order valence-electron chi connectivity index (χ1n) is 10.4. The van der Waals surface area contributed by atoms with E-state index in [9.17, 15) is 14.4 Å². The first kappa shape index (κ1) is 20.5. The van der Waals surface area contributed by atoms with Crippen molar-refractivity contribution in [3.63, 3.8) is 0 Å². The summed E-state index contributed by atoms with van der Waals surface area (Å²) in [6.45, 7) is 0.516. The first-order chi connectivity index (χ1) is 15.1. The number of benzene rings is 1. The van der Waals surface area contributed by atoms with E-state index in [4.69, 9.17) is 0 Å². The molecule has 9 nitrogen and oxygen atoms in total. The van der Waals surface area contributed by atoms with Crippen molar-refractivity contribution in [3.8, 4) is 0 Å². The molecule has 3 N–H and O–H groups in total. The number of carbonyl (C=O) groups is 3. The molecule has 1 aliphatic heterocycles. The van der Waals surface area contributed by atoms with Crippen LogP contribution < -0.4 is 16.0 Å². The number of hydrogen-bond acceptors (Lipinski definition) is 5. The largest absolute Gasteiger partial charge is 0.356 e. The van der Waals surface area contributed by atoms with Gasteiger partial charge in [0.25, 0.3) is 5.91 Å². The Morgan fingerprint density at radius 1 is 1.03 bits per heavy atom. The molecule has 2 aromatic heterocycles. The first-order valence-corrected chi connectivity index (χ1v) is 10.4. The Kier molecular flexibility index (Phi) is 6.21. The Morgan fingerprint density at radius 3 is 2.77 bits per heavy atom. The highest BCUT2D eigenvalue weighted by molar-refractivity contribution is 6.10. The maximum absolute atomic E-state index is 12.4. The second kappa shape index (κ2) is 9.38. The molecule has 0 radical (unpaired) electrons. The van der Waals surface area contributed by atoms with Gasteiger partial charge in [0.05, 0.1) is 17.7 Å². The number of para-hydroxylation sites is 1. The molecule has 0 fully saturated rings. The van der Waals surface area contributed by atoms with Gasteiger partial charge in [-0.15, -0.1) is 10.2 Å². The molecule has 1 aliphatic rings. The fourth-order valence-corrected chi connectivity index (χ4v) is 3.59. The van der Waals surface area contributed by atoms with E-state index in [1.54, 1.807) is 24.3 Å². The van der Waals surface area contributed by atoms with Gasteiger partial charge in [0.15, 0.2) is 5.65 Å². The number of nitrogens with zero attached hydrogens (tertiary/aromatic N) is 3. The molecule has 3 amide bonds. The average molecular weight is 420 g/mol. The zero-order valence-electron chi connectivity index (χ0n) is 17.0. The Morgan fingerprint density at radius 2 is 1.87 bits per heavy atom. The summed E-state index contributed by atoms with van der Waals surface area (Å²) in [5, 5.41) is 16.5. The lowest BCUT2D eigenvalue weighted by Gasteiger charge is -2.14. The molecule has 9 heteroatoms. The van der Waals surface area contributed by atoms with Gasteiger partial charge in [-0.05, 0) is 37.1 Å². The van der Waals surface area contributed by atoms with E-state index in [1.807, 2.05) is 28.8 Å². The molecule has 0 aliphatic carbocycles. The Labute approximate surface area is 179 Å². The summed E-state index contributed by atoms with van der Waals surface area (Å²) in [6.07, 6.45) is 5.34. The molecule has 0 unspecified atom stereocenters. The van der Waals surface area contributed by atoms with Gasteiger partial charge < -0.3 is 16.0 Å². The van der Waals surface area contributed by atoms with E-state index in [0.29, 0.717) is 17.8 Å². The fraction of sp³-hybridized carbons (Fsp3) is 0.318. The molecule has 31 heavy (non-hydrogen) atoms. The maximum Gasteiger partial charge on any atom is 0.254 e. The number of anilines is 1. The second-order valence-corrected chi connectivity index (χ2v) is 7.47. The molecule has 0 saturated heterocycles. The van der Waals surface area contributed by atoms with Crippen LogP contribution >= 0.6 is 0 Å². The molecular formula is C22H24N6O3. The van der Waals surface area contributed by atoms with Crippen molar-refractivity contribution in [1.29, 1.82) is 0 Å². The molecule has 0 spiro atoms. The summed E-state index contributed by atoms with van der Waals surface area (Å²) in [7, 11) is 0. The van der Waals surface area contributed by atoms with Crippen LogP contribution in [0.5, 0.6) is 0 Å². The number of pyridine rings is 1. The number of aryl methyl sites for hydroxylation is 1. The van der Waals surface area contributed by atoms with Crippen molar-refractivity contribution in [3.05, 3.63) is 60.0 Å². The third-order valence-corrected chi connectivity index (χ3v) is 5.22. The van der Waals surface area contributed by atoms with Crippen LogP contribution in [0.25, 0.3) is 5.65 Å². The third kappa shape index (κ3) is 4.88. The van der Waals surface area contributed by atoms with Gasteiger partial charge in [-0.2, -0.15) is 0 Å². The number of amides is 3. The highest BCUT2D eigenvalue weighted by Gasteiger charge is 2.29. The summed E-state index contributed by atoms with van der Waals surface area (Å²) in [4.78, 5) is 36.9. The molecular weight excluding hydrogens is 396 g/mol. The maximum atomic E-state index is 12.4. The summed E-state index contributed by atoms with van der Waals surface area (Å²) in [6, 6.07) is 11.7. The van der Waals surface area contributed by atoms with E-state index in [-0.39, 0.29) is 18.2 Å². The average Bonchev–Trinajstić information content (AvgIpc) is 3.14. The van der Waals surface area contributed by atoms with Crippen LogP contribution in [0.2, 0.25) is 0 Å². The zero-order chi connectivity index (χ0) is 21.6. The lowest BCUT2D eigenvalue weighted by atomic mass is 10.1. The number of unbranched alkanes of at least 4 members (excludes halogenated alkanes) is 2. The number of hydrogen-bond donors (Lipinski definition) is 3. The summed E-state index contributed by atoms with van der Waals surface area (Å²) >= 11 is 0. The SMILES string of the molecule is O=C(C[C@H]1NC(=O)c2ccccc2NC1=O)NCCCCCc1nnc2ccccn12. The monoisotopic (exact) mass is 420 g/mol. The second-order valence-electron chi connectivity index (χ2n) is 7.47. The fourth-order valence-electron chi connectivity index (χ4n) is 3.59. The Bertz CT molecular complexity index is 1110. The summed E-state index contributed by atoms with van der Waals surface area (Å²) in [5.41, 5.74) is 1.68. The van der Waals surface area contributed by atoms with Crippen molar-refractivity contribution < 1.29 is 14.4 Å². The topological polar surface area (TPSA) is 117 Å². The molecule has 4 rings (SSSR count). The summed E-state index contributed by atoms with van der Waals surface area (Å²) in [5.74, 6) is -0.104. The quantitative estimate of drug-likeness (QED) is 0.480. The van der Waals surface area contributed by atoms with E-state index < -0.39 is 11.9 Å². The number of rotatable bonds is 8. The minimum absolute atomic E-state index is 0.0999. The lowest BCUT2D eigenvalue weighted by Crippen LogP contribution is -2.44. The standard InChI is InChI=1S/C22H24N6O3/c29-20(14-17-22(31)24-16-9-4-3-8-15(16)21(30)25-17)23-12-6-1-2-10-18-26-27-19-11-5-7-13-28(18)19/h3-5,7-9,11,13,17H,1-2,6,10,12,14H2,(H,23,29)(H,24,31)(H,25,30)/t17-/m1/s1. The lowest BCUT2D eigenvalue weighted by molar-refractivity contribution is -0.125. The normalized spacial score (nSPS) is 15.7. The van der Waals surface area contributed by atoms with E-state index in [1.165, 1.54) is 0 Å². The van der Waals surface area contributed by atoms with E-state index in [0.717, 1.165) is 37.2 Å². The smallest absolute Gasteiger partial charge is 0.254 e. The molecule has 3 heterocycles. The minimum Gasteiger partial charge on any atom is -0.356 e. The number of aromatic nitrogens is 3. The van der Waals surface area contributed by atoms with E-state index in [2.05, 4.69) is 26.1 Å². The molecule has 1 atom stereocenters. The van der Waals surface area contributed by atoms with E-state index >= 15 is 0 Å². The Balaban J connectivity index is 1.18. The number of carbonyl (C=O) groups excluding carboxylic acids is 3. The van der Waals surface area contributed by atoms with Crippen LogP contribution in [0.4, 0.5) is 5.69 Å². The highest BCUT2D eigenvalue weighted by Crippen LogP contribution is 2.18. The highest BCUT2D eigenvalue weighted by atomic mass is 16.2. The van der Waals surface area contributed by atoms with Gasteiger partial charge in [0.2, 0.25) is 11.8 Å². The van der Waals surface area contributed by atoms with Gasteiger partial charge in [-0.3, -0.25) is 18.8 Å². The van der Waals surface area contributed by atoms with Gasteiger partial charge >= 0.3 is 0 Å². The number of nitrogens with one attached hydrogen (secondary N) is 3. The van der Waals surface area contributed by atoms with Crippen molar-refractivity contribution >= 4 is 29.1 Å². The minimum atomic E-state index is -0.902. The molecule has 0 bridgehead atoms. The Hall–Kier alpha value is -3.75. The van der Waals surface area contributed by atoms with Crippen LogP contribution in [0, 0.1) is 0 Å². The van der Waals surface area contributed by atoms with Gasteiger partial charge in [-0.1, -0.05) is 24.6 Å². The summed E-state index contributed by atoms with van der Waals surface area (Å²) < 4.78 is 1.98. The zero-order valence-corrected chi connectivity index (χ0v) is 17.0. The molecule has 3 aromatic rings. The van der Waals surface area contributed by atoms with Crippen LogP contribution in [-0.4, -0.2) is 44.9 Å². The molecule has 160 valence electrons. The predicted molar refractivity (Wildman–Crippen MR) is 114 cm³/mol. The number of fused-ring (bicyclic) bond motifs is 2. The predicted octanol–water partition coefficient (Wildman–Crippen LogP) is 1.70. The molecule has 1 aromatic carbocycles. The third-order valence-electron chi connectivity index (χ3n) is 5.22. The van der Waals surface area contributed by atoms with Crippen LogP contribution in [0.1, 0.15) is 41.9 Å². The van der Waals surface area contributed by atoms with Crippen LogP contribution in [-0.2, 0) is 16.0 Å². The van der Waals surface area contributed by atoms with Gasteiger partial charge in [0.1, 0.15) is 11.9 Å². The van der Waals surface area contributed by atoms with Crippen LogP contribution in [0.15, 0.2) is 48.7 Å². The van der Waals surface area contributed by atoms with Crippen molar-refractivity contribution in [1.82, 2.24) is 25.2 Å². The van der Waals surface area contributed by atoms with Crippen LogP contribution in [0.3, 0.4) is 0 Å². The molecule has 0 saturated carbocycles. The van der Waals surface area contributed by atoms with Crippen molar-refractivity contribution in [2.75, 3.05) is 11.9 Å².